The Hall–Kier alpha value is -0.830. The lowest BCUT2D eigenvalue weighted by molar-refractivity contribution is -0.149. The van der Waals surface area contributed by atoms with Crippen molar-refractivity contribution < 1.29 is 9.53 Å². The maximum atomic E-state index is 11.5. The molecular formula is C10H17NO2. The lowest BCUT2D eigenvalue weighted by atomic mass is 10.0. The quantitative estimate of drug-likeness (QED) is 0.486. The molecule has 1 heterocycles. The highest BCUT2D eigenvalue weighted by molar-refractivity contribution is 5.75. The summed E-state index contributed by atoms with van der Waals surface area (Å²) < 4.78 is 5.00. The number of ether oxygens (including phenoxy) is 1. The SMILES string of the molecule is C=CCOC(=O)C1CCCCN1C. The van der Waals surface area contributed by atoms with Crippen molar-refractivity contribution in [1.29, 1.82) is 0 Å². The number of esters is 1. The summed E-state index contributed by atoms with van der Waals surface area (Å²) in [6, 6.07) is -0.0336. The van der Waals surface area contributed by atoms with E-state index in [2.05, 4.69) is 11.5 Å². The third-order valence-electron chi connectivity index (χ3n) is 2.39. The van der Waals surface area contributed by atoms with E-state index in [1.165, 1.54) is 6.42 Å². The van der Waals surface area contributed by atoms with Crippen LogP contribution in [0.15, 0.2) is 12.7 Å². The van der Waals surface area contributed by atoms with E-state index in [0.29, 0.717) is 6.61 Å². The lowest BCUT2D eigenvalue weighted by Gasteiger charge is -2.30. The highest BCUT2D eigenvalue weighted by atomic mass is 16.5. The molecule has 0 aromatic carbocycles. The fraction of sp³-hybridized carbons (Fsp3) is 0.700. The molecule has 0 spiro atoms. The van der Waals surface area contributed by atoms with Crippen molar-refractivity contribution in [3.05, 3.63) is 12.7 Å². The highest BCUT2D eigenvalue weighted by Crippen LogP contribution is 2.15. The van der Waals surface area contributed by atoms with E-state index in [0.717, 1.165) is 19.4 Å². The summed E-state index contributed by atoms with van der Waals surface area (Å²) in [5.41, 5.74) is 0. The van der Waals surface area contributed by atoms with Crippen molar-refractivity contribution in [2.24, 2.45) is 0 Å². The molecule has 0 radical (unpaired) electrons. The van der Waals surface area contributed by atoms with E-state index in [1.54, 1.807) is 6.08 Å². The maximum Gasteiger partial charge on any atom is 0.323 e. The zero-order valence-electron chi connectivity index (χ0n) is 8.16. The Bertz CT molecular complexity index is 191. The van der Waals surface area contributed by atoms with E-state index in [-0.39, 0.29) is 12.0 Å². The summed E-state index contributed by atoms with van der Waals surface area (Å²) in [5, 5.41) is 0. The normalized spacial score (nSPS) is 23.9. The van der Waals surface area contributed by atoms with Crippen LogP contribution in [-0.2, 0) is 9.53 Å². The number of nitrogens with zero attached hydrogens (tertiary/aromatic N) is 1. The van der Waals surface area contributed by atoms with Gasteiger partial charge in [-0.1, -0.05) is 19.1 Å². The summed E-state index contributed by atoms with van der Waals surface area (Å²) in [6.45, 7) is 4.82. The zero-order chi connectivity index (χ0) is 9.68. The van der Waals surface area contributed by atoms with Gasteiger partial charge >= 0.3 is 5.97 Å². The number of hydrogen-bond donors (Lipinski definition) is 0. The standard InChI is InChI=1S/C10H17NO2/c1-3-8-13-10(12)9-6-4-5-7-11(9)2/h3,9H,1,4-8H2,2H3. The first-order valence-corrected chi connectivity index (χ1v) is 4.73. The van der Waals surface area contributed by atoms with Crippen LogP contribution in [0.5, 0.6) is 0 Å². The molecule has 1 saturated heterocycles. The molecule has 1 rings (SSSR count). The van der Waals surface area contributed by atoms with E-state index in [1.807, 2.05) is 7.05 Å². The van der Waals surface area contributed by atoms with E-state index >= 15 is 0 Å². The second kappa shape index (κ2) is 5.02. The molecule has 0 N–H and O–H groups in total. The number of likely N-dealkylation sites (tertiary alicyclic amines) is 1. The topological polar surface area (TPSA) is 29.5 Å². The first kappa shape index (κ1) is 10.3. The van der Waals surface area contributed by atoms with E-state index in [4.69, 9.17) is 4.74 Å². The maximum absolute atomic E-state index is 11.5. The minimum Gasteiger partial charge on any atom is -0.460 e. The predicted octanol–water partition coefficient (Wildman–Crippen LogP) is 1.20. The van der Waals surface area contributed by atoms with Crippen LogP contribution >= 0.6 is 0 Å². The summed E-state index contributed by atoms with van der Waals surface area (Å²) in [5.74, 6) is -0.109. The van der Waals surface area contributed by atoms with Gasteiger partial charge in [-0.25, -0.2) is 0 Å². The average Bonchev–Trinajstić information content (AvgIpc) is 2.15. The number of likely N-dealkylation sites (N-methyl/N-ethyl adjacent to an activating group) is 1. The monoisotopic (exact) mass is 183 g/mol. The van der Waals surface area contributed by atoms with Crippen LogP contribution in [0.1, 0.15) is 19.3 Å². The van der Waals surface area contributed by atoms with Gasteiger partial charge in [0.25, 0.3) is 0 Å². The van der Waals surface area contributed by atoms with Crippen molar-refractivity contribution in [2.75, 3.05) is 20.2 Å². The van der Waals surface area contributed by atoms with Crippen LogP contribution in [0.2, 0.25) is 0 Å². The van der Waals surface area contributed by atoms with Crippen molar-refractivity contribution >= 4 is 5.97 Å². The fourth-order valence-electron chi connectivity index (χ4n) is 1.61. The number of hydrogen-bond acceptors (Lipinski definition) is 3. The second-order valence-corrected chi connectivity index (χ2v) is 3.41. The Morgan fingerprint density at radius 3 is 3.08 bits per heavy atom. The van der Waals surface area contributed by atoms with Crippen molar-refractivity contribution in [1.82, 2.24) is 4.90 Å². The zero-order valence-corrected chi connectivity index (χ0v) is 8.16. The Balaban J connectivity index is 2.39. The molecule has 1 atom stereocenters. The summed E-state index contributed by atoms with van der Waals surface area (Å²) in [6.07, 6.45) is 4.83. The molecule has 1 fully saturated rings. The third kappa shape index (κ3) is 2.84. The smallest absolute Gasteiger partial charge is 0.323 e. The van der Waals surface area contributed by atoms with Crippen molar-refractivity contribution in [3.63, 3.8) is 0 Å². The molecule has 0 aliphatic carbocycles. The Labute approximate surface area is 79.4 Å². The van der Waals surface area contributed by atoms with Gasteiger partial charge < -0.3 is 4.74 Å². The lowest BCUT2D eigenvalue weighted by Crippen LogP contribution is -2.42. The van der Waals surface area contributed by atoms with Crippen LogP contribution in [-0.4, -0.2) is 37.1 Å². The molecule has 0 bridgehead atoms. The molecule has 13 heavy (non-hydrogen) atoms. The van der Waals surface area contributed by atoms with Gasteiger partial charge in [0, 0.05) is 0 Å². The van der Waals surface area contributed by atoms with Gasteiger partial charge in [0.15, 0.2) is 0 Å². The van der Waals surface area contributed by atoms with Crippen LogP contribution in [0.4, 0.5) is 0 Å². The van der Waals surface area contributed by atoms with Crippen LogP contribution in [0.25, 0.3) is 0 Å². The second-order valence-electron chi connectivity index (χ2n) is 3.41. The number of rotatable bonds is 3. The summed E-state index contributed by atoms with van der Waals surface area (Å²) >= 11 is 0. The fourth-order valence-corrected chi connectivity index (χ4v) is 1.61. The predicted molar refractivity (Wildman–Crippen MR) is 51.4 cm³/mol. The van der Waals surface area contributed by atoms with Crippen LogP contribution in [0, 0.1) is 0 Å². The molecule has 1 aliphatic heterocycles. The largest absolute Gasteiger partial charge is 0.460 e. The first-order valence-electron chi connectivity index (χ1n) is 4.73. The molecule has 0 aromatic rings. The molecule has 0 saturated carbocycles. The molecule has 3 nitrogen and oxygen atoms in total. The van der Waals surface area contributed by atoms with Gasteiger partial charge in [0.1, 0.15) is 12.6 Å². The van der Waals surface area contributed by atoms with Gasteiger partial charge in [-0.05, 0) is 26.4 Å². The molecule has 3 heteroatoms. The number of carbonyl (C=O) groups is 1. The molecule has 0 aromatic heterocycles. The molecule has 74 valence electrons. The van der Waals surface area contributed by atoms with Gasteiger partial charge in [-0.2, -0.15) is 0 Å². The average molecular weight is 183 g/mol. The summed E-state index contributed by atoms with van der Waals surface area (Å²) in [7, 11) is 1.97. The number of piperidine rings is 1. The highest BCUT2D eigenvalue weighted by Gasteiger charge is 2.26. The Morgan fingerprint density at radius 1 is 1.69 bits per heavy atom. The third-order valence-corrected chi connectivity index (χ3v) is 2.39. The first-order chi connectivity index (χ1) is 6.25. The van der Waals surface area contributed by atoms with Gasteiger partial charge in [-0.3, -0.25) is 9.69 Å². The van der Waals surface area contributed by atoms with Gasteiger partial charge in [-0.15, -0.1) is 0 Å². The van der Waals surface area contributed by atoms with Gasteiger partial charge in [0.05, 0.1) is 0 Å². The van der Waals surface area contributed by atoms with Crippen molar-refractivity contribution in [2.45, 2.75) is 25.3 Å². The molecule has 0 amide bonds. The van der Waals surface area contributed by atoms with Gasteiger partial charge in [0.2, 0.25) is 0 Å². The minimum absolute atomic E-state index is 0.0336. The number of carbonyl (C=O) groups excluding carboxylic acids is 1. The van der Waals surface area contributed by atoms with Crippen LogP contribution < -0.4 is 0 Å². The Kier molecular flexibility index (Phi) is 3.96. The molecular weight excluding hydrogens is 166 g/mol. The van der Waals surface area contributed by atoms with Crippen LogP contribution in [0.3, 0.4) is 0 Å². The molecule has 1 aliphatic rings. The van der Waals surface area contributed by atoms with E-state index in [9.17, 15) is 4.79 Å². The Morgan fingerprint density at radius 2 is 2.46 bits per heavy atom. The van der Waals surface area contributed by atoms with Crippen molar-refractivity contribution in [3.8, 4) is 0 Å². The van der Waals surface area contributed by atoms with E-state index < -0.39 is 0 Å². The molecule has 1 unspecified atom stereocenters. The summed E-state index contributed by atoms with van der Waals surface area (Å²) in [4.78, 5) is 13.5. The minimum atomic E-state index is -0.109.